The van der Waals surface area contributed by atoms with Crippen LogP contribution in [0.1, 0.15) is 83.8 Å². The highest BCUT2D eigenvalue weighted by Gasteiger charge is 2.60. The number of ether oxygens (including phenoxy) is 1. The third-order valence-electron chi connectivity index (χ3n) is 7.32. The fraction of sp³-hybridized carbons (Fsp3) is 0.731. The van der Waals surface area contributed by atoms with Crippen LogP contribution in [0.3, 0.4) is 0 Å². The fourth-order valence-corrected chi connectivity index (χ4v) is 5.69. The van der Waals surface area contributed by atoms with Gasteiger partial charge in [0, 0.05) is 23.1 Å². The zero-order valence-corrected chi connectivity index (χ0v) is 22.1. The van der Waals surface area contributed by atoms with Crippen LogP contribution >= 0.6 is 11.3 Å². The summed E-state index contributed by atoms with van der Waals surface area (Å²) in [5.41, 5.74) is -0.822. The molecule has 0 bridgehead atoms. The van der Waals surface area contributed by atoms with E-state index in [4.69, 9.17) is 4.74 Å². The highest BCUT2D eigenvalue weighted by molar-refractivity contribution is 7.09. The van der Waals surface area contributed by atoms with Crippen molar-refractivity contribution in [2.75, 3.05) is 0 Å². The number of fused-ring (bicyclic) bond motifs is 1. The Balaban J connectivity index is 1.85. The molecule has 3 rings (SSSR count). The third kappa shape index (κ3) is 6.33. The molecule has 7 nitrogen and oxygen atoms in total. The Labute approximate surface area is 207 Å². The summed E-state index contributed by atoms with van der Waals surface area (Å²) in [7, 11) is 0. The predicted octanol–water partition coefficient (Wildman–Crippen LogP) is 4.01. The Bertz CT molecular complexity index is 926. The number of nitrogens with zero attached hydrogens (tertiary/aromatic N) is 1. The van der Waals surface area contributed by atoms with Crippen LogP contribution in [0, 0.1) is 24.2 Å². The van der Waals surface area contributed by atoms with Gasteiger partial charge < -0.3 is 14.9 Å². The van der Waals surface area contributed by atoms with Gasteiger partial charge in [0.25, 0.3) is 0 Å². The van der Waals surface area contributed by atoms with Gasteiger partial charge in [-0.3, -0.25) is 14.9 Å². The van der Waals surface area contributed by atoms with E-state index in [2.05, 4.69) is 17.2 Å². The van der Waals surface area contributed by atoms with Crippen molar-refractivity contribution in [1.82, 2.24) is 10.3 Å². The van der Waals surface area contributed by atoms with E-state index in [0.29, 0.717) is 24.3 Å². The van der Waals surface area contributed by atoms with Crippen molar-refractivity contribution in [3.63, 3.8) is 0 Å². The van der Waals surface area contributed by atoms with Gasteiger partial charge in [0.2, 0.25) is 0 Å². The van der Waals surface area contributed by atoms with Crippen LogP contribution in [0.5, 0.6) is 0 Å². The number of rotatable bonds is 2. The van der Waals surface area contributed by atoms with Gasteiger partial charge in [0.15, 0.2) is 11.8 Å². The molecular weight excluding hydrogens is 452 g/mol. The SMILES string of the molecule is CC(=Cc1csc(C)n1)C1OC(=O)CCC(C)(C)C(=O)C(C)CC(C)CCCC2NC2(O)C1O. The molecule has 1 aromatic heterocycles. The molecule has 0 aromatic carbocycles. The highest BCUT2D eigenvalue weighted by Crippen LogP contribution is 2.37. The average Bonchev–Trinajstić information content (AvgIpc) is 3.25. The number of Topliss-reactive ketones (excluding diaryl/α,β-unsaturated/α-hetero) is 1. The number of carbonyl (C=O) groups excluding carboxylic acids is 2. The van der Waals surface area contributed by atoms with Crippen molar-refractivity contribution in [1.29, 1.82) is 0 Å². The van der Waals surface area contributed by atoms with Crippen molar-refractivity contribution in [2.24, 2.45) is 17.3 Å². The summed E-state index contributed by atoms with van der Waals surface area (Å²) < 4.78 is 5.75. The summed E-state index contributed by atoms with van der Waals surface area (Å²) >= 11 is 1.51. The molecule has 3 heterocycles. The molecule has 0 spiro atoms. The molecule has 190 valence electrons. The number of carbonyl (C=O) groups is 2. The largest absolute Gasteiger partial charge is 0.455 e. The smallest absolute Gasteiger partial charge is 0.306 e. The van der Waals surface area contributed by atoms with Gasteiger partial charge in [-0.15, -0.1) is 11.3 Å². The van der Waals surface area contributed by atoms with Crippen LogP contribution in [-0.4, -0.2) is 50.9 Å². The number of cyclic esters (lactones) is 1. The standard InChI is InChI=1S/C26H40N2O5S/c1-15-8-7-9-20-26(32,28-20)24(31)22(16(2)13-19-14-34-18(4)27-19)33-21(29)10-11-25(5,6)23(30)17(3)12-15/h13-15,17,20,22,24,28,31-32H,7-12H2,1-6H3. The molecule has 0 amide bonds. The van der Waals surface area contributed by atoms with Crippen molar-refractivity contribution < 1.29 is 24.5 Å². The molecule has 6 atom stereocenters. The number of ketones is 1. The summed E-state index contributed by atoms with van der Waals surface area (Å²) in [5, 5.41) is 28.1. The summed E-state index contributed by atoms with van der Waals surface area (Å²) in [5.74, 6) is -0.0276. The van der Waals surface area contributed by atoms with Crippen molar-refractivity contribution in [3.8, 4) is 0 Å². The van der Waals surface area contributed by atoms with E-state index in [9.17, 15) is 19.8 Å². The molecule has 2 saturated heterocycles. The van der Waals surface area contributed by atoms with E-state index in [1.54, 1.807) is 13.0 Å². The van der Waals surface area contributed by atoms with Gasteiger partial charge in [0.1, 0.15) is 11.9 Å². The third-order valence-corrected chi connectivity index (χ3v) is 8.12. The van der Waals surface area contributed by atoms with Gasteiger partial charge in [-0.25, -0.2) is 4.98 Å². The molecule has 2 fully saturated rings. The van der Waals surface area contributed by atoms with Gasteiger partial charge in [0.05, 0.1) is 16.7 Å². The van der Waals surface area contributed by atoms with Crippen LogP contribution in [0.2, 0.25) is 0 Å². The van der Waals surface area contributed by atoms with Crippen molar-refractivity contribution in [2.45, 2.75) is 104 Å². The van der Waals surface area contributed by atoms with E-state index >= 15 is 0 Å². The van der Waals surface area contributed by atoms with E-state index < -0.39 is 29.3 Å². The Hall–Kier alpha value is -1.61. The zero-order chi connectivity index (χ0) is 25.3. The van der Waals surface area contributed by atoms with E-state index in [0.717, 1.165) is 30.0 Å². The molecule has 8 heteroatoms. The highest BCUT2D eigenvalue weighted by atomic mass is 32.1. The maximum Gasteiger partial charge on any atom is 0.306 e. The van der Waals surface area contributed by atoms with Crippen LogP contribution in [0.15, 0.2) is 11.0 Å². The normalized spacial score (nSPS) is 36.0. The predicted molar refractivity (Wildman–Crippen MR) is 133 cm³/mol. The van der Waals surface area contributed by atoms with E-state index in [1.807, 2.05) is 33.1 Å². The van der Waals surface area contributed by atoms with Gasteiger partial charge in [-0.1, -0.05) is 40.5 Å². The number of aryl methyl sites for hydroxylation is 1. The number of aliphatic hydroxyl groups excluding tert-OH is 1. The lowest BCUT2D eigenvalue weighted by Gasteiger charge is -2.30. The van der Waals surface area contributed by atoms with Crippen LogP contribution < -0.4 is 5.32 Å². The molecule has 2 aliphatic rings. The second-order valence-corrected chi connectivity index (χ2v) is 12.0. The first-order chi connectivity index (χ1) is 15.8. The number of thiazole rings is 1. The second-order valence-electron chi connectivity index (χ2n) is 11.0. The number of hydrogen-bond donors (Lipinski definition) is 3. The maximum absolute atomic E-state index is 13.1. The number of nitrogens with one attached hydrogen (secondary N) is 1. The van der Waals surface area contributed by atoms with Gasteiger partial charge in [-0.05, 0) is 50.7 Å². The minimum Gasteiger partial charge on any atom is -0.455 e. The maximum atomic E-state index is 13.1. The second kappa shape index (κ2) is 10.6. The first-order valence-electron chi connectivity index (χ1n) is 12.4. The molecule has 0 aliphatic carbocycles. The quantitative estimate of drug-likeness (QED) is 0.422. The number of aromatic nitrogens is 1. The minimum absolute atomic E-state index is 0.0581. The molecule has 3 N–H and O–H groups in total. The molecule has 2 aliphatic heterocycles. The minimum atomic E-state index is -1.50. The summed E-state index contributed by atoms with van der Waals surface area (Å²) in [4.78, 5) is 30.4. The van der Waals surface area contributed by atoms with Crippen molar-refractivity contribution >= 4 is 29.2 Å². The number of hydrogen-bond acceptors (Lipinski definition) is 8. The lowest BCUT2D eigenvalue weighted by atomic mass is 9.75. The molecule has 34 heavy (non-hydrogen) atoms. The monoisotopic (exact) mass is 492 g/mol. The molecule has 0 radical (unpaired) electrons. The van der Waals surface area contributed by atoms with Gasteiger partial charge >= 0.3 is 5.97 Å². The topological polar surface area (TPSA) is 119 Å². The Morgan fingerprint density at radius 2 is 2.00 bits per heavy atom. The lowest BCUT2D eigenvalue weighted by molar-refractivity contribution is -0.159. The Morgan fingerprint density at radius 1 is 1.29 bits per heavy atom. The summed E-state index contributed by atoms with van der Waals surface area (Å²) in [6.45, 7) is 11.6. The molecule has 1 aromatic rings. The van der Waals surface area contributed by atoms with Gasteiger partial charge in [-0.2, -0.15) is 0 Å². The van der Waals surface area contributed by atoms with Crippen LogP contribution in [0.4, 0.5) is 0 Å². The molecular formula is C26H40N2O5S. The average molecular weight is 493 g/mol. The van der Waals surface area contributed by atoms with E-state index in [-0.39, 0.29) is 24.2 Å². The van der Waals surface area contributed by atoms with Crippen LogP contribution in [-0.2, 0) is 14.3 Å². The lowest BCUT2D eigenvalue weighted by Crippen LogP contribution is -2.46. The number of esters is 1. The number of aliphatic hydroxyl groups is 2. The zero-order valence-electron chi connectivity index (χ0n) is 21.3. The van der Waals surface area contributed by atoms with E-state index in [1.165, 1.54) is 11.3 Å². The van der Waals surface area contributed by atoms with Crippen LogP contribution in [0.25, 0.3) is 6.08 Å². The Morgan fingerprint density at radius 3 is 2.65 bits per heavy atom. The van der Waals surface area contributed by atoms with Crippen molar-refractivity contribution in [3.05, 3.63) is 21.7 Å². The molecule has 0 saturated carbocycles. The Kier molecular flexibility index (Phi) is 8.38. The first-order valence-corrected chi connectivity index (χ1v) is 13.2. The summed E-state index contributed by atoms with van der Waals surface area (Å²) in [6.07, 6.45) is 3.17. The molecule has 6 unspecified atom stereocenters. The first kappa shape index (κ1) is 27.0. The fourth-order valence-electron chi connectivity index (χ4n) is 5.12. The summed E-state index contributed by atoms with van der Waals surface area (Å²) in [6, 6.07) is -0.267.